The number of carbonyl (C=O) groups is 1. The Kier molecular flexibility index (Phi) is 5.04. The van der Waals surface area contributed by atoms with E-state index in [9.17, 15) is 4.79 Å². The second kappa shape index (κ2) is 7.63. The molecule has 3 aromatic rings. The Morgan fingerprint density at radius 2 is 1.96 bits per heavy atom. The van der Waals surface area contributed by atoms with Crippen molar-refractivity contribution in [3.63, 3.8) is 0 Å². The molecule has 0 saturated carbocycles. The lowest BCUT2D eigenvalue weighted by molar-refractivity contribution is 0.0517. The molecule has 0 bridgehead atoms. The van der Waals surface area contributed by atoms with E-state index in [4.69, 9.17) is 20.9 Å². The first-order valence-corrected chi connectivity index (χ1v) is 9.50. The first kappa shape index (κ1) is 18.5. The molecule has 8 nitrogen and oxygen atoms in total. The number of nitrogens with zero attached hydrogens (tertiary/aromatic N) is 5. The Balaban J connectivity index is 1.60. The van der Waals surface area contributed by atoms with Gasteiger partial charge in [0.25, 0.3) is 5.71 Å². The average molecular weight is 402 g/mol. The van der Waals surface area contributed by atoms with E-state index in [-0.39, 0.29) is 18.0 Å². The van der Waals surface area contributed by atoms with E-state index in [1.54, 1.807) is 6.92 Å². The topological polar surface area (TPSA) is 84.6 Å². The molecule has 0 unspecified atom stereocenters. The summed E-state index contributed by atoms with van der Waals surface area (Å²) in [5, 5.41) is 5.07. The predicted octanol–water partition coefficient (Wildman–Crippen LogP) is 3.08. The summed E-state index contributed by atoms with van der Waals surface area (Å²) in [6, 6.07) is 5.92. The molecule has 1 aromatic carbocycles. The molecule has 0 atom stereocenters. The highest BCUT2D eigenvalue weighted by atomic mass is 35.5. The number of rotatable bonds is 4. The normalized spacial score (nSPS) is 14.5. The van der Waals surface area contributed by atoms with Crippen LogP contribution in [0.1, 0.15) is 23.0 Å². The molecule has 0 spiro atoms. The molecule has 4 rings (SSSR count). The number of anilines is 2. The number of aryl methyl sites for hydroxylation is 1. The zero-order valence-electron chi connectivity index (χ0n) is 15.7. The summed E-state index contributed by atoms with van der Waals surface area (Å²) >= 11 is 6.17. The number of benzene rings is 1. The molecule has 1 saturated heterocycles. The SMILES string of the molecule is CCOC(=O)c1noc2ncnc(N3CCN(c4cc(Cl)ccc4C)CC3)c12. The van der Waals surface area contributed by atoms with Crippen molar-refractivity contribution >= 4 is 40.2 Å². The largest absolute Gasteiger partial charge is 0.461 e. The number of esters is 1. The predicted molar refractivity (Wildman–Crippen MR) is 106 cm³/mol. The third-order valence-corrected chi connectivity index (χ3v) is 5.05. The molecule has 9 heteroatoms. The van der Waals surface area contributed by atoms with Gasteiger partial charge in [-0.1, -0.05) is 22.8 Å². The second-order valence-electron chi connectivity index (χ2n) is 6.53. The molecule has 1 aliphatic heterocycles. The van der Waals surface area contributed by atoms with E-state index in [0.29, 0.717) is 11.2 Å². The zero-order valence-corrected chi connectivity index (χ0v) is 16.4. The minimum atomic E-state index is -0.537. The lowest BCUT2D eigenvalue weighted by Gasteiger charge is -2.37. The van der Waals surface area contributed by atoms with E-state index in [2.05, 4.69) is 31.8 Å². The zero-order chi connectivity index (χ0) is 19.7. The van der Waals surface area contributed by atoms with Gasteiger partial charge in [-0.3, -0.25) is 0 Å². The first-order chi connectivity index (χ1) is 13.6. The van der Waals surface area contributed by atoms with Crippen molar-refractivity contribution in [3.8, 4) is 0 Å². The van der Waals surface area contributed by atoms with Crippen LogP contribution in [0.2, 0.25) is 5.02 Å². The molecule has 28 heavy (non-hydrogen) atoms. The molecule has 3 heterocycles. The summed E-state index contributed by atoms with van der Waals surface area (Å²) in [7, 11) is 0. The Morgan fingerprint density at radius 3 is 2.71 bits per heavy atom. The molecule has 0 amide bonds. The number of carbonyl (C=O) groups excluding carboxylic acids is 1. The van der Waals surface area contributed by atoms with Gasteiger partial charge in [0.2, 0.25) is 5.69 Å². The van der Waals surface area contributed by atoms with E-state index in [0.717, 1.165) is 36.9 Å². The molecule has 2 aromatic heterocycles. The number of hydrogen-bond acceptors (Lipinski definition) is 8. The van der Waals surface area contributed by atoms with Gasteiger partial charge < -0.3 is 19.1 Å². The Bertz CT molecular complexity index is 1010. The summed E-state index contributed by atoms with van der Waals surface area (Å²) in [5.74, 6) is 0.0993. The molecule has 1 aliphatic rings. The third-order valence-electron chi connectivity index (χ3n) is 4.81. The van der Waals surface area contributed by atoms with Crippen molar-refractivity contribution in [1.82, 2.24) is 15.1 Å². The monoisotopic (exact) mass is 401 g/mol. The van der Waals surface area contributed by atoms with Gasteiger partial charge in [0.1, 0.15) is 17.5 Å². The standard InChI is InChI=1S/C19H20ClN5O3/c1-3-27-19(26)16-15-17(21-11-22-18(15)28-23-16)25-8-6-24(7-9-25)14-10-13(20)5-4-12(14)2/h4-5,10-11H,3,6-9H2,1-2H3. The van der Waals surface area contributed by atoms with E-state index >= 15 is 0 Å². The molecular weight excluding hydrogens is 382 g/mol. The van der Waals surface area contributed by atoms with E-state index in [1.807, 2.05) is 18.2 Å². The van der Waals surface area contributed by atoms with Crippen LogP contribution in [0.4, 0.5) is 11.5 Å². The van der Waals surface area contributed by atoms with Gasteiger partial charge in [-0.15, -0.1) is 0 Å². The minimum absolute atomic E-state index is 0.112. The van der Waals surface area contributed by atoms with Crippen LogP contribution in [0.15, 0.2) is 29.0 Å². The van der Waals surface area contributed by atoms with E-state index in [1.165, 1.54) is 11.9 Å². The molecule has 0 N–H and O–H groups in total. The van der Waals surface area contributed by atoms with Crippen LogP contribution in [-0.4, -0.2) is 53.9 Å². The maximum Gasteiger partial charge on any atom is 0.361 e. The van der Waals surface area contributed by atoms with Crippen LogP contribution in [0, 0.1) is 6.92 Å². The maximum atomic E-state index is 12.2. The number of halogens is 1. The van der Waals surface area contributed by atoms with Crippen molar-refractivity contribution in [2.75, 3.05) is 42.6 Å². The number of aromatic nitrogens is 3. The number of fused-ring (bicyclic) bond motifs is 1. The highest BCUT2D eigenvalue weighted by Gasteiger charge is 2.27. The fraction of sp³-hybridized carbons (Fsp3) is 0.368. The molecular formula is C19H20ClN5O3. The highest BCUT2D eigenvalue weighted by Crippen LogP contribution is 2.30. The summed E-state index contributed by atoms with van der Waals surface area (Å²) in [5.41, 5.74) is 2.71. The average Bonchev–Trinajstić information content (AvgIpc) is 3.15. The van der Waals surface area contributed by atoms with Crippen LogP contribution in [-0.2, 0) is 4.74 Å². The van der Waals surface area contributed by atoms with Crippen molar-refractivity contribution in [3.05, 3.63) is 40.8 Å². The third kappa shape index (κ3) is 3.35. The van der Waals surface area contributed by atoms with Gasteiger partial charge in [0.05, 0.1) is 6.61 Å². The van der Waals surface area contributed by atoms with Crippen LogP contribution in [0.5, 0.6) is 0 Å². The summed E-state index contributed by atoms with van der Waals surface area (Å²) in [4.78, 5) is 25.1. The molecule has 0 aliphatic carbocycles. The Hall–Kier alpha value is -2.87. The van der Waals surface area contributed by atoms with Gasteiger partial charge in [-0.25, -0.2) is 9.78 Å². The van der Waals surface area contributed by atoms with Gasteiger partial charge in [-0.05, 0) is 31.5 Å². The Morgan fingerprint density at radius 1 is 1.21 bits per heavy atom. The van der Waals surface area contributed by atoms with Gasteiger partial charge in [0.15, 0.2) is 0 Å². The van der Waals surface area contributed by atoms with Crippen LogP contribution >= 0.6 is 11.6 Å². The fourth-order valence-electron chi connectivity index (χ4n) is 3.43. The minimum Gasteiger partial charge on any atom is -0.461 e. The lowest BCUT2D eigenvalue weighted by Crippen LogP contribution is -2.47. The molecule has 1 fully saturated rings. The summed E-state index contributed by atoms with van der Waals surface area (Å²) in [6.45, 7) is 7.13. The quantitative estimate of drug-likeness (QED) is 0.616. The number of ether oxygens (including phenoxy) is 1. The first-order valence-electron chi connectivity index (χ1n) is 9.12. The number of hydrogen-bond donors (Lipinski definition) is 0. The summed E-state index contributed by atoms with van der Waals surface area (Å²) in [6.07, 6.45) is 1.42. The lowest BCUT2D eigenvalue weighted by atomic mass is 10.1. The highest BCUT2D eigenvalue weighted by molar-refractivity contribution is 6.30. The van der Waals surface area contributed by atoms with Crippen LogP contribution < -0.4 is 9.80 Å². The number of piperazine rings is 1. The van der Waals surface area contributed by atoms with Crippen molar-refractivity contribution in [1.29, 1.82) is 0 Å². The Labute approximate surface area is 167 Å². The van der Waals surface area contributed by atoms with Crippen LogP contribution in [0.25, 0.3) is 11.1 Å². The van der Waals surface area contributed by atoms with Gasteiger partial charge in [-0.2, -0.15) is 4.98 Å². The van der Waals surface area contributed by atoms with E-state index < -0.39 is 5.97 Å². The van der Waals surface area contributed by atoms with Crippen molar-refractivity contribution in [2.24, 2.45) is 0 Å². The van der Waals surface area contributed by atoms with Crippen LogP contribution in [0.3, 0.4) is 0 Å². The molecule has 146 valence electrons. The summed E-state index contributed by atoms with van der Waals surface area (Å²) < 4.78 is 10.3. The van der Waals surface area contributed by atoms with Gasteiger partial charge in [0, 0.05) is 36.9 Å². The van der Waals surface area contributed by atoms with Crippen molar-refractivity contribution in [2.45, 2.75) is 13.8 Å². The fourth-order valence-corrected chi connectivity index (χ4v) is 3.60. The maximum absolute atomic E-state index is 12.2. The second-order valence-corrected chi connectivity index (χ2v) is 6.97. The molecule has 0 radical (unpaired) electrons. The van der Waals surface area contributed by atoms with Gasteiger partial charge >= 0.3 is 5.97 Å². The smallest absolute Gasteiger partial charge is 0.361 e. The van der Waals surface area contributed by atoms with Crippen molar-refractivity contribution < 1.29 is 14.1 Å².